The van der Waals surface area contributed by atoms with E-state index in [-0.39, 0.29) is 0 Å². The van der Waals surface area contributed by atoms with Gasteiger partial charge < -0.3 is 0 Å². The van der Waals surface area contributed by atoms with Crippen molar-refractivity contribution in [2.75, 3.05) is 0 Å². The number of hydrogen-bond donors (Lipinski definition) is 0. The van der Waals surface area contributed by atoms with Gasteiger partial charge in [0.15, 0.2) is 0 Å². The second-order valence-electron chi connectivity index (χ2n) is 3.60. The van der Waals surface area contributed by atoms with E-state index in [0.29, 0.717) is 0 Å². The van der Waals surface area contributed by atoms with Gasteiger partial charge in [0.25, 0.3) is 0 Å². The Morgan fingerprint density at radius 1 is 1.08 bits per heavy atom. The van der Waals surface area contributed by atoms with Crippen molar-refractivity contribution in [3.8, 4) is 0 Å². The van der Waals surface area contributed by atoms with E-state index in [1.54, 1.807) is 0 Å². The van der Waals surface area contributed by atoms with Crippen molar-refractivity contribution in [1.29, 1.82) is 0 Å². The molecule has 1 aliphatic rings. The zero-order valence-electron chi connectivity index (χ0n) is 10.9. The lowest BCUT2D eigenvalue weighted by Crippen LogP contribution is -2.28. The van der Waals surface area contributed by atoms with Gasteiger partial charge in [-0.1, -0.05) is 61.3 Å². The smallest absolute Gasteiger partial charge is 0.0363 e. The van der Waals surface area contributed by atoms with Crippen molar-refractivity contribution in [2.24, 2.45) is 17.8 Å². The quantitative estimate of drug-likeness (QED) is 0.561. The second-order valence-corrected chi connectivity index (χ2v) is 3.60. The summed E-state index contributed by atoms with van der Waals surface area (Å²) in [6.07, 6.45) is 4.35. The highest BCUT2D eigenvalue weighted by molar-refractivity contribution is 4.80. The van der Waals surface area contributed by atoms with Gasteiger partial charge in [0.05, 0.1) is 0 Å². The molecule has 0 aromatic rings. The molecule has 0 amide bonds. The monoisotopic (exact) mass is 186 g/mol. The van der Waals surface area contributed by atoms with Gasteiger partial charge >= 0.3 is 0 Å². The zero-order chi connectivity index (χ0) is 10.9. The lowest BCUT2D eigenvalue weighted by Gasteiger charge is -2.38. The Kier molecular flexibility index (Phi) is 12.0. The van der Waals surface area contributed by atoms with E-state index in [9.17, 15) is 0 Å². The van der Waals surface area contributed by atoms with Crippen LogP contribution in [0.1, 0.15) is 67.7 Å². The molecule has 0 spiro atoms. The highest BCUT2D eigenvalue weighted by atomic mass is 14.3. The molecule has 0 heteroatoms. The minimum Gasteiger partial charge on any atom is -0.0683 e. The summed E-state index contributed by atoms with van der Waals surface area (Å²) in [6, 6.07) is 0. The third-order valence-electron chi connectivity index (χ3n) is 3.06. The highest BCUT2D eigenvalue weighted by Gasteiger charge is 2.29. The summed E-state index contributed by atoms with van der Waals surface area (Å²) in [7, 11) is 0. The molecule has 1 aliphatic carbocycles. The summed E-state index contributed by atoms with van der Waals surface area (Å²) in [5.74, 6) is 3.07. The van der Waals surface area contributed by atoms with Crippen LogP contribution in [-0.4, -0.2) is 0 Å². The Morgan fingerprint density at radius 2 is 1.54 bits per heavy atom. The fourth-order valence-corrected chi connectivity index (χ4v) is 1.84. The summed E-state index contributed by atoms with van der Waals surface area (Å²) in [5, 5.41) is 0. The van der Waals surface area contributed by atoms with Gasteiger partial charge in [-0.25, -0.2) is 0 Å². The van der Waals surface area contributed by atoms with Crippen LogP contribution < -0.4 is 0 Å². The van der Waals surface area contributed by atoms with Crippen LogP contribution in [-0.2, 0) is 0 Å². The summed E-state index contributed by atoms with van der Waals surface area (Å²) < 4.78 is 0. The average Bonchev–Trinajstić information content (AvgIpc) is 2.21. The predicted octanol–water partition coefficient (Wildman–Crippen LogP) is 5.13. The molecule has 0 heterocycles. The van der Waals surface area contributed by atoms with Crippen molar-refractivity contribution in [1.82, 2.24) is 0 Å². The van der Waals surface area contributed by atoms with E-state index in [1.807, 2.05) is 27.7 Å². The standard InChI is InChI=1S/C9H18.2C2H6/c1-4-7(2)9-6-5-8(9)3;2*1-2/h7-9H,4-6H2,1-3H3;2*1-2H3. The maximum absolute atomic E-state index is 2.39. The van der Waals surface area contributed by atoms with Gasteiger partial charge in [-0.05, 0) is 24.2 Å². The van der Waals surface area contributed by atoms with Crippen molar-refractivity contribution in [3.63, 3.8) is 0 Å². The van der Waals surface area contributed by atoms with Gasteiger partial charge in [0, 0.05) is 0 Å². The van der Waals surface area contributed by atoms with Crippen LogP contribution in [0.2, 0.25) is 0 Å². The molecule has 1 saturated carbocycles. The summed E-state index contributed by atoms with van der Waals surface area (Å²) >= 11 is 0. The van der Waals surface area contributed by atoms with Crippen LogP contribution in [0.15, 0.2) is 0 Å². The topological polar surface area (TPSA) is 0 Å². The minimum absolute atomic E-state index is 0.980. The third-order valence-corrected chi connectivity index (χ3v) is 3.06. The maximum Gasteiger partial charge on any atom is -0.0363 e. The minimum atomic E-state index is 0.980. The van der Waals surface area contributed by atoms with E-state index < -0.39 is 0 Å². The average molecular weight is 186 g/mol. The van der Waals surface area contributed by atoms with Crippen LogP contribution in [0.25, 0.3) is 0 Å². The number of rotatable bonds is 2. The Hall–Kier alpha value is 0. The van der Waals surface area contributed by atoms with Crippen molar-refractivity contribution in [2.45, 2.75) is 67.7 Å². The van der Waals surface area contributed by atoms with Crippen molar-refractivity contribution in [3.05, 3.63) is 0 Å². The van der Waals surface area contributed by atoms with Gasteiger partial charge in [0.1, 0.15) is 0 Å². The van der Waals surface area contributed by atoms with Gasteiger partial charge in [0.2, 0.25) is 0 Å². The first-order valence-electron chi connectivity index (χ1n) is 6.25. The molecule has 3 atom stereocenters. The molecule has 0 aromatic heterocycles. The highest BCUT2D eigenvalue weighted by Crippen LogP contribution is 2.40. The molecule has 82 valence electrons. The van der Waals surface area contributed by atoms with E-state index in [2.05, 4.69) is 20.8 Å². The number of hydrogen-bond acceptors (Lipinski definition) is 0. The molecular weight excluding hydrogens is 156 g/mol. The molecule has 0 nitrogen and oxygen atoms in total. The normalized spacial score (nSPS) is 27.0. The fourth-order valence-electron chi connectivity index (χ4n) is 1.84. The zero-order valence-corrected chi connectivity index (χ0v) is 10.9. The van der Waals surface area contributed by atoms with E-state index >= 15 is 0 Å². The van der Waals surface area contributed by atoms with Gasteiger partial charge in [-0.3, -0.25) is 0 Å². The molecule has 0 bridgehead atoms. The molecule has 0 saturated heterocycles. The van der Waals surface area contributed by atoms with E-state index in [1.165, 1.54) is 19.3 Å². The van der Waals surface area contributed by atoms with Crippen LogP contribution in [0.3, 0.4) is 0 Å². The maximum atomic E-state index is 2.39. The Balaban J connectivity index is 0. The Labute approximate surface area is 86.1 Å². The molecule has 0 aromatic carbocycles. The lowest BCUT2D eigenvalue weighted by atomic mass is 9.68. The summed E-state index contributed by atoms with van der Waals surface area (Å²) in [6.45, 7) is 15.1. The first kappa shape index (κ1) is 15.5. The molecule has 0 N–H and O–H groups in total. The summed E-state index contributed by atoms with van der Waals surface area (Å²) in [5.41, 5.74) is 0. The van der Waals surface area contributed by atoms with E-state index in [0.717, 1.165) is 17.8 Å². The van der Waals surface area contributed by atoms with Crippen LogP contribution in [0.5, 0.6) is 0 Å². The fraction of sp³-hybridized carbons (Fsp3) is 1.00. The molecule has 0 radical (unpaired) electrons. The van der Waals surface area contributed by atoms with Crippen LogP contribution in [0, 0.1) is 17.8 Å². The molecule has 0 aliphatic heterocycles. The third kappa shape index (κ3) is 5.33. The molecule has 1 rings (SSSR count). The van der Waals surface area contributed by atoms with E-state index in [4.69, 9.17) is 0 Å². The largest absolute Gasteiger partial charge is 0.0683 e. The lowest BCUT2D eigenvalue weighted by molar-refractivity contribution is 0.126. The Morgan fingerprint density at radius 3 is 1.62 bits per heavy atom. The van der Waals surface area contributed by atoms with Gasteiger partial charge in [-0.2, -0.15) is 0 Å². The van der Waals surface area contributed by atoms with Gasteiger partial charge in [-0.15, -0.1) is 0 Å². The Bertz CT molecular complexity index is 86.0. The van der Waals surface area contributed by atoms with Crippen molar-refractivity contribution >= 4 is 0 Å². The summed E-state index contributed by atoms with van der Waals surface area (Å²) in [4.78, 5) is 0. The first-order valence-corrected chi connectivity index (χ1v) is 6.25. The van der Waals surface area contributed by atoms with Crippen LogP contribution >= 0.6 is 0 Å². The molecule has 13 heavy (non-hydrogen) atoms. The first-order chi connectivity index (χ1) is 6.25. The SMILES string of the molecule is CC.CC.CCC(C)C1CCC1C. The second kappa shape index (κ2) is 10.1. The predicted molar refractivity (Wildman–Crippen MR) is 64.0 cm³/mol. The molecule has 3 unspecified atom stereocenters. The van der Waals surface area contributed by atoms with Crippen molar-refractivity contribution < 1.29 is 0 Å². The molecular formula is C13H30. The molecule has 1 fully saturated rings. The van der Waals surface area contributed by atoms with Crippen LogP contribution in [0.4, 0.5) is 0 Å².